The lowest BCUT2D eigenvalue weighted by molar-refractivity contribution is -0.137. The summed E-state index contributed by atoms with van der Waals surface area (Å²) >= 11 is 0. The number of hydrogen-bond donors (Lipinski definition) is 8. The predicted molar refractivity (Wildman–Crippen MR) is 247 cm³/mol. The number of amides is 5. The molecule has 9 N–H and O–H groups in total. The maximum atomic E-state index is 14.5. The average molecular weight is 979 g/mol. The zero-order valence-corrected chi connectivity index (χ0v) is 38.8. The quantitative estimate of drug-likeness (QED) is 0.0431. The number of rotatable bonds is 10. The second-order valence-corrected chi connectivity index (χ2v) is 15.6. The van der Waals surface area contributed by atoms with Crippen LogP contribution >= 0.6 is 0 Å². The number of halogens is 1. The number of aliphatic hydroxyl groups is 2. The van der Waals surface area contributed by atoms with Gasteiger partial charge in [0.05, 0.1) is 66.7 Å². The number of phenols is 1. The number of ether oxygens (including phenoxy) is 3. The fourth-order valence-corrected chi connectivity index (χ4v) is 7.78. The van der Waals surface area contributed by atoms with Crippen LogP contribution in [0.3, 0.4) is 0 Å². The van der Waals surface area contributed by atoms with Gasteiger partial charge >= 0.3 is 12.2 Å². The van der Waals surface area contributed by atoms with E-state index in [1.165, 1.54) is 24.3 Å². The first-order chi connectivity index (χ1) is 33.3. The number of phenolic OH excluding ortho intramolecular Hbond substituents is 1. The summed E-state index contributed by atoms with van der Waals surface area (Å²) in [4.78, 5) is 94.9. The molecule has 4 aromatic rings. The molecule has 23 heteroatoms. The van der Waals surface area contributed by atoms with Crippen molar-refractivity contribution in [3.8, 4) is 17.1 Å². The largest absolute Gasteiger partial charge is 0.506 e. The van der Waals surface area contributed by atoms with Crippen LogP contribution in [0.15, 0.2) is 47.3 Å². The number of carbonyl (C=O) groups excluding carboxylic acids is 5. The highest BCUT2D eigenvalue weighted by Crippen LogP contribution is 2.41. The lowest BCUT2D eigenvalue weighted by Gasteiger charge is -2.21. The number of carboxylic acid groups (broad SMARTS) is 2. The molecule has 8 rings (SSSR count). The van der Waals surface area contributed by atoms with Crippen molar-refractivity contribution in [1.82, 2.24) is 19.8 Å². The maximum absolute atomic E-state index is 14.5. The predicted octanol–water partition coefficient (Wildman–Crippen LogP) is 3.08. The Morgan fingerprint density at radius 1 is 0.943 bits per heavy atom. The van der Waals surface area contributed by atoms with E-state index >= 15 is 0 Å². The molecule has 5 heterocycles. The van der Waals surface area contributed by atoms with Gasteiger partial charge in [0.25, 0.3) is 23.8 Å². The van der Waals surface area contributed by atoms with E-state index in [0.29, 0.717) is 59.6 Å². The maximum Gasteiger partial charge on any atom is 0.506 e. The van der Waals surface area contributed by atoms with Crippen molar-refractivity contribution in [2.24, 2.45) is 5.73 Å². The summed E-state index contributed by atoms with van der Waals surface area (Å²) in [6, 6.07) is 7.49. The Kier molecular flexibility index (Phi) is 20.0. The Morgan fingerprint density at radius 3 is 2.19 bits per heavy atom. The van der Waals surface area contributed by atoms with Crippen LogP contribution in [-0.4, -0.2) is 121 Å². The van der Waals surface area contributed by atoms with Crippen LogP contribution in [0.4, 0.5) is 19.7 Å². The van der Waals surface area contributed by atoms with E-state index in [2.05, 4.69) is 20.1 Å². The first-order valence-electron chi connectivity index (χ1n) is 21.9. The molecule has 1 aliphatic carbocycles. The minimum atomic E-state index is -1.42. The Balaban J connectivity index is 0.000000244. The molecule has 4 aliphatic rings. The second kappa shape index (κ2) is 25.6. The van der Waals surface area contributed by atoms with Crippen LogP contribution < -0.4 is 21.9 Å². The molecular weight excluding hydrogens is 924 g/mol. The normalized spacial score (nSPS) is 15.7. The average Bonchev–Trinajstić information content (AvgIpc) is 3.85. The lowest BCUT2D eigenvalue weighted by atomic mass is 9.85. The SMILES string of the molecule is CC.Cc1cc2n(c(=O)c1COC(=O)O)Cc1c-2nc2cc(F)c(C)c3c2c1CCC3.NC(=O)OCc1ccc(O)c(NC(=O)CNC(=O)CCN2C(=O)C=CC2=O)c1.O=CO.OC1COCC(O)C1. The van der Waals surface area contributed by atoms with Gasteiger partial charge < -0.3 is 60.7 Å². The highest BCUT2D eigenvalue weighted by molar-refractivity contribution is 6.13. The van der Waals surface area contributed by atoms with Gasteiger partial charge in [-0.2, -0.15) is 0 Å². The standard InChI is InChI=1S/C22H19FN2O4.C17H18N4O7.C5H10O3.C2H6.CH2O2/c1-10-6-18-20-14(8-25(18)21(26)15(10)9-29-22(27)28)13-5-3-4-12-11(2)16(23)7-17(24-20)19(12)13;18-17(27)28-9-10-1-2-12(22)11(7-10)20-14(24)8-19-13(23)5-6-21-15(25)3-4-16(21)26;6-4-1-5(7)3-8-2-4;1-2;2-1-3/h6-7H,3-5,8-9H2,1-2H3,(H,27,28);1-4,7,22H,5-6,8-9H2,(H2,18,27)(H,19,23)(H,20,24);4-7H,1-3H2;1-2H3;1H,(H,2,3). The van der Waals surface area contributed by atoms with Crippen LogP contribution in [0.25, 0.3) is 22.3 Å². The van der Waals surface area contributed by atoms with E-state index in [1.54, 1.807) is 11.5 Å². The molecule has 376 valence electrons. The van der Waals surface area contributed by atoms with Crippen molar-refractivity contribution >= 4 is 58.9 Å². The molecule has 2 unspecified atom stereocenters. The highest BCUT2D eigenvalue weighted by Gasteiger charge is 2.31. The minimum Gasteiger partial charge on any atom is -0.506 e. The molecule has 2 atom stereocenters. The summed E-state index contributed by atoms with van der Waals surface area (Å²) in [6.07, 6.45) is 1.87. The Hall–Kier alpha value is -7.76. The molecule has 22 nitrogen and oxygen atoms in total. The number of benzene rings is 2. The van der Waals surface area contributed by atoms with E-state index in [0.717, 1.165) is 64.1 Å². The fraction of sp³-hybridized carbons (Fsp3) is 0.383. The number of aryl methyl sites for hydroxylation is 3. The molecular formula is C47H55FN6O16. The van der Waals surface area contributed by atoms with Gasteiger partial charge in [-0.15, -0.1) is 0 Å². The lowest BCUT2D eigenvalue weighted by Crippen LogP contribution is -2.37. The molecule has 70 heavy (non-hydrogen) atoms. The zero-order chi connectivity index (χ0) is 51.8. The van der Waals surface area contributed by atoms with Crippen molar-refractivity contribution in [3.63, 3.8) is 0 Å². The van der Waals surface area contributed by atoms with Crippen molar-refractivity contribution in [3.05, 3.63) is 97.6 Å². The third-order valence-electron chi connectivity index (χ3n) is 11.0. The monoisotopic (exact) mass is 978 g/mol. The molecule has 1 saturated heterocycles. The molecule has 0 spiro atoms. The minimum absolute atomic E-state index is 0.0594. The van der Waals surface area contributed by atoms with Gasteiger partial charge in [-0.05, 0) is 79.1 Å². The summed E-state index contributed by atoms with van der Waals surface area (Å²) < 4.78 is 30.1. The van der Waals surface area contributed by atoms with Gasteiger partial charge in [0.2, 0.25) is 11.8 Å². The Morgan fingerprint density at radius 2 is 1.59 bits per heavy atom. The molecule has 0 bridgehead atoms. The summed E-state index contributed by atoms with van der Waals surface area (Å²) in [5.41, 5.74) is 12.0. The van der Waals surface area contributed by atoms with Crippen LogP contribution in [0, 0.1) is 19.7 Å². The van der Waals surface area contributed by atoms with Gasteiger partial charge in [-0.1, -0.05) is 19.9 Å². The highest BCUT2D eigenvalue weighted by atomic mass is 19.1. The van der Waals surface area contributed by atoms with Gasteiger partial charge in [0.1, 0.15) is 24.8 Å². The first kappa shape index (κ1) is 54.8. The number of aromatic nitrogens is 2. The number of imide groups is 1. The van der Waals surface area contributed by atoms with Gasteiger partial charge in [-0.3, -0.25) is 33.7 Å². The number of nitrogens with two attached hydrogens (primary N) is 1. The first-order valence-corrected chi connectivity index (χ1v) is 21.9. The Bertz CT molecular complexity index is 2700. The summed E-state index contributed by atoms with van der Waals surface area (Å²) in [7, 11) is 0. The third kappa shape index (κ3) is 14.1. The smallest absolute Gasteiger partial charge is 0.506 e. The van der Waals surface area contributed by atoms with E-state index in [-0.39, 0.29) is 62.0 Å². The van der Waals surface area contributed by atoms with Crippen molar-refractivity contribution in [2.45, 2.75) is 91.8 Å². The van der Waals surface area contributed by atoms with E-state index in [1.807, 2.05) is 26.8 Å². The van der Waals surface area contributed by atoms with E-state index in [4.69, 9.17) is 40.7 Å². The number of hydrogen-bond acceptors (Lipinski definition) is 15. The van der Waals surface area contributed by atoms with E-state index in [9.17, 15) is 43.1 Å². The number of pyridine rings is 2. The summed E-state index contributed by atoms with van der Waals surface area (Å²) in [6.45, 7) is 7.54. The van der Waals surface area contributed by atoms with Gasteiger partial charge in [0.15, 0.2) is 0 Å². The van der Waals surface area contributed by atoms with Crippen molar-refractivity contribution < 1.29 is 77.7 Å². The number of nitrogens with one attached hydrogen (secondary N) is 2. The summed E-state index contributed by atoms with van der Waals surface area (Å²) in [5.74, 6) is -2.61. The number of nitrogens with zero attached hydrogens (tertiary/aromatic N) is 3. The fourth-order valence-electron chi connectivity index (χ4n) is 7.78. The van der Waals surface area contributed by atoms with Crippen molar-refractivity contribution in [1.29, 1.82) is 0 Å². The van der Waals surface area contributed by atoms with Crippen LogP contribution in [0.5, 0.6) is 5.75 Å². The molecule has 2 aromatic carbocycles. The van der Waals surface area contributed by atoms with Crippen LogP contribution in [-0.2, 0) is 70.8 Å². The number of aliphatic hydroxyl groups excluding tert-OH is 2. The molecule has 0 radical (unpaired) electrons. The third-order valence-corrected chi connectivity index (χ3v) is 11.0. The van der Waals surface area contributed by atoms with Gasteiger partial charge in [0, 0.05) is 48.6 Å². The molecule has 0 saturated carbocycles. The second-order valence-electron chi connectivity index (χ2n) is 15.6. The molecule has 1 fully saturated rings. The molecule has 5 amide bonds. The van der Waals surface area contributed by atoms with E-state index < -0.39 is 48.1 Å². The summed E-state index contributed by atoms with van der Waals surface area (Å²) in [5, 5.41) is 48.8. The van der Waals surface area contributed by atoms with Crippen LogP contribution in [0.2, 0.25) is 0 Å². The van der Waals surface area contributed by atoms with Crippen LogP contribution in [0.1, 0.15) is 72.1 Å². The number of primary amides is 1. The molecule has 3 aliphatic heterocycles. The molecule has 2 aromatic heterocycles. The number of anilines is 1. The van der Waals surface area contributed by atoms with Crippen molar-refractivity contribution in [2.75, 3.05) is 31.6 Å². The topological polar surface area (TPSA) is 337 Å². The number of carbonyl (C=O) groups is 7. The Labute approximate surface area is 399 Å². The van der Waals surface area contributed by atoms with Gasteiger partial charge in [-0.25, -0.2) is 19.0 Å². The zero-order valence-electron chi connectivity index (χ0n) is 38.8. The number of fused-ring (bicyclic) bond motifs is 4. The number of aromatic hydroxyl groups is 1.